The normalized spacial score (nSPS) is 20.9. The van der Waals surface area contributed by atoms with Gasteiger partial charge in [0.1, 0.15) is 12.2 Å². The van der Waals surface area contributed by atoms with E-state index in [-0.39, 0.29) is 12.2 Å². The minimum absolute atomic E-state index is 0.339. The molecule has 0 N–H and O–H groups in total. The van der Waals surface area contributed by atoms with E-state index < -0.39 is 0 Å². The first-order valence-electron chi connectivity index (χ1n) is 21.9. The Kier molecular flexibility index (Phi) is 15.6. The summed E-state index contributed by atoms with van der Waals surface area (Å²) < 4.78 is 7.28. The van der Waals surface area contributed by atoms with Crippen molar-refractivity contribution in [1.29, 1.82) is 10.5 Å². The zero-order chi connectivity index (χ0) is 38.2. The molecule has 0 amide bonds. The minimum atomic E-state index is -0.339. The van der Waals surface area contributed by atoms with E-state index in [9.17, 15) is 10.5 Å². The molecule has 2 saturated carbocycles. The van der Waals surface area contributed by atoms with E-state index in [1.54, 1.807) is 0 Å². The summed E-state index contributed by atoms with van der Waals surface area (Å²) in [6.07, 6.45) is 23.6. The maximum atomic E-state index is 9.58. The quantitative estimate of drug-likeness (QED) is 0.0957. The van der Waals surface area contributed by atoms with Gasteiger partial charge in [-0.05, 0) is 133 Å². The summed E-state index contributed by atoms with van der Waals surface area (Å²) in [5.41, 5.74) is 8.44. The van der Waals surface area contributed by atoms with Gasteiger partial charge in [-0.2, -0.15) is 10.5 Å². The molecular weight excluding hydrogens is 669 g/mol. The first kappa shape index (κ1) is 40.5. The maximum absolute atomic E-state index is 9.58. The summed E-state index contributed by atoms with van der Waals surface area (Å²) in [7, 11) is 0. The van der Waals surface area contributed by atoms with Crippen molar-refractivity contribution in [3.05, 3.63) is 142 Å². The lowest BCUT2D eigenvalue weighted by Gasteiger charge is -2.30. The molecule has 0 aromatic heterocycles. The Morgan fingerprint density at radius 2 is 0.782 bits per heavy atom. The molecule has 2 aliphatic rings. The highest BCUT2D eigenvalue weighted by Crippen LogP contribution is 2.42. The number of hydrogen-bond donors (Lipinski definition) is 0. The predicted octanol–water partition coefficient (Wildman–Crippen LogP) is 14.8. The van der Waals surface area contributed by atoms with Gasteiger partial charge in [-0.15, -0.1) is 0 Å². The molecule has 0 aliphatic heterocycles. The number of benzene rings is 4. The van der Waals surface area contributed by atoms with Gasteiger partial charge in [0.25, 0.3) is 0 Å². The van der Waals surface area contributed by atoms with Crippen LogP contribution < -0.4 is 0 Å². The van der Waals surface area contributed by atoms with E-state index in [1.165, 1.54) is 127 Å². The molecule has 4 aromatic carbocycles. The highest BCUT2D eigenvalue weighted by Gasteiger charge is 2.27. The van der Waals surface area contributed by atoms with E-state index in [4.69, 9.17) is 4.74 Å². The highest BCUT2D eigenvalue weighted by atomic mass is 16.5. The van der Waals surface area contributed by atoms with Crippen LogP contribution in [0.4, 0.5) is 0 Å². The van der Waals surface area contributed by atoms with Gasteiger partial charge in [0.05, 0.1) is 23.3 Å². The molecule has 288 valence electrons. The molecule has 3 nitrogen and oxygen atoms in total. The van der Waals surface area contributed by atoms with Gasteiger partial charge in [-0.3, -0.25) is 0 Å². The third kappa shape index (κ3) is 11.4. The van der Waals surface area contributed by atoms with Crippen molar-refractivity contribution in [2.24, 2.45) is 11.8 Å². The molecule has 0 saturated heterocycles. The number of rotatable bonds is 18. The van der Waals surface area contributed by atoms with Gasteiger partial charge in [-0.25, -0.2) is 0 Å². The summed E-state index contributed by atoms with van der Waals surface area (Å²) in [5, 5.41) is 19.2. The summed E-state index contributed by atoms with van der Waals surface area (Å²) in [6, 6.07) is 38.7. The molecule has 3 heteroatoms. The van der Waals surface area contributed by atoms with Gasteiger partial charge >= 0.3 is 0 Å². The molecule has 0 radical (unpaired) electrons. The van der Waals surface area contributed by atoms with Gasteiger partial charge in [0.2, 0.25) is 0 Å². The number of nitriles is 2. The lowest BCUT2D eigenvalue weighted by molar-refractivity contribution is 0.0308. The van der Waals surface area contributed by atoms with Crippen molar-refractivity contribution < 1.29 is 4.74 Å². The fourth-order valence-electron chi connectivity index (χ4n) is 9.47. The molecule has 4 aromatic rings. The predicted molar refractivity (Wildman–Crippen MR) is 227 cm³/mol. The topological polar surface area (TPSA) is 56.8 Å². The minimum Gasteiger partial charge on any atom is -0.356 e. The third-order valence-electron chi connectivity index (χ3n) is 13.0. The summed E-state index contributed by atoms with van der Waals surface area (Å²) >= 11 is 0. The Hall–Kier alpha value is -4.18. The van der Waals surface area contributed by atoms with Gasteiger partial charge in [0, 0.05) is 0 Å². The molecule has 2 atom stereocenters. The Morgan fingerprint density at radius 1 is 0.455 bits per heavy atom. The number of nitrogens with zero attached hydrogens (tertiary/aromatic N) is 2. The van der Waals surface area contributed by atoms with Crippen molar-refractivity contribution in [2.75, 3.05) is 0 Å². The number of ether oxygens (including phenoxy) is 1. The van der Waals surface area contributed by atoms with Gasteiger partial charge in [0.15, 0.2) is 0 Å². The van der Waals surface area contributed by atoms with E-state index in [0.29, 0.717) is 23.0 Å². The monoisotopic (exact) mass is 733 g/mol. The van der Waals surface area contributed by atoms with Crippen LogP contribution in [0.15, 0.2) is 97.1 Å². The van der Waals surface area contributed by atoms with Crippen LogP contribution in [0.5, 0.6) is 0 Å². The smallest absolute Gasteiger partial charge is 0.109 e. The SMILES string of the molecule is CCCCCC[C@H]1CC[C@H](c2ccc(C(OC(c3ccc(C#N)cc3)c3ccc([C@H]4CC[C@H](CCCCCC)CC4)cc3)c3ccc(C#N)cc3)cc2)CC1. The second kappa shape index (κ2) is 21.2. The first-order chi connectivity index (χ1) is 27.1. The van der Waals surface area contributed by atoms with Crippen LogP contribution in [0.3, 0.4) is 0 Å². The fraction of sp³-hybridized carbons (Fsp3) is 0.500. The van der Waals surface area contributed by atoms with Crippen LogP contribution >= 0.6 is 0 Å². The van der Waals surface area contributed by atoms with Crippen LogP contribution in [0.25, 0.3) is 0 Å². The average Bonchev–Trinajstić information content (AvgIpc) is 3.25. The van der Waals surface area contributed by atoms with Crippen molar-refractivity contribution in [3.8, 4) is 12.1 Å². The van der Waals surface area contributed by atoms with Gasteiger partial charge < -0.3 is 4.74 Å². The van der Waals surface area contributed by atoms with Crippen molar-refractivity contribution in [2.45, 2.75) is 153 Å². The fourth-order valence-corrected chi connectivity index (χ4v) is 9.47. The number of hydrogen-bond acceptors (Lipinski definition) is 3. The summed E-state index contributed by atoms with van der Waals surface area (Å²) in [6.45, 7) is 4.59. The highest BCUT2D eigenvalue weighted by molar-refractivity contribution is 5.41. The van der Waals surface area contributed by atoms with E-state index in [1.807, 2.05) is 48.5 Å². The largest absolute Gasteiger partial charge is 0.356 e. The second-order valence-electron chi connectivity index (χ2n) is 16.8. The zero-order valence-corrected chi connectivity index (χ0v) is 33.7. The summed E-state index contributed by atoms with van der Waals surface area (Å²) in [5.74, 6) is 3.05. The van der Waals surface area contributed by atoms with E-state index in [0.717, 1.165) is 34.1 Å². The van der Waals surface area contributed by atoms with Gasteiger partial charge in [-0.1, -0.05) is 151 Å². The van der Waals surface area contributed by atoms with Crippen molar-refractivity contribution in [1.82, 2.24) is 0 Å². The second-order valence-corrected chi connectivity index (χ2v) is 16.8. The van der Waals surface area contributed by atoms with Crippen molar-refractivity contribution in [3.63, 3.8) is 0 Å². The first-order valence-corrected chi connectivity index (χ1v) is 21.9. The zero-order valence-electron chi connectivity index (χ0n) is 33.7. The lowest BCUT2D eigenvalue weighted by Crippen LogP contribution is -2.15. The molecule has 55 heavy (non-hydrogen) atoms. The van der Waals surface area contributed by atoms with Crippen LogP contribution in [0.2, 0.25) is 0 Å². The number of unbranched alkanes of at least 4 members (excludes halogenated alkanes) is 6. The Labute approximate surface area is 333 Å². The average molecular weight is 733 g/mol. The molecular formula is C52H64N2O. The molecule has 2 unspecified atom stereocenters. The van der Waals surface area contributed by atoms with E-state index >= 15 is 0 Å². The van der Waals surface area contributed by atoms with Crippen molar-refractivity contribution >= 4 is 0 Å². The Balaban J connectivity index is 1.21. The standard InChI is InChI=1S/C52H64N2O/c1-3-5-7-9-11-39-13-21-43(22-14-39)45-29-33-49(34-30-45)51(47-25-17-41(37-53)18-26-47)55-52(48-27-19-42(38-54)20-28-48)50-35-31-46(32-36-50)44-23-15-40(16-24-44)12-10-8-6-4-2/h17-20,25-36,39-40,43-44,51-52H,3-16,21-24H2,1-2H3/t39-,40-,43-,44-,51?,52?. The Morgan fingerprint density at radius 3 is 1.09 bits per heavy atom. The summed E-state index contributed by atoms with van der Waals surface area (Å²) in [4.78, 5) is 0. The molecule has 0 bridgehead atoms. The molecule has 2 fully saturated rings. The van der Waals surface area contributed by atoms with Crippen LogP contribution in [-0.2, 0) is 4.74 Å². The Bertz CT molecular complexity index is 1640. The van der Waals surface area contributed by atoms with Crippen LogP contribution in [0.1, 0.15) is 198 Å². The third-order valence-corrected chi connectivity index (χ3v) is 13.0. The lowest BCUT2D eigenvalue weighted by atomic mass is 9.77. The van der Waals surface area contributed by atoms with Crippen LogP contribution in [0, 0.1) is 34.5 Å². The maximum Gasteiger partial charge on any atom is 0.109 e. The molecule has 0 spiro atoms. The molecule has 6 rings (SSSR count). The van der Waals surface area contributed by atoms with Crippen LogP contribution in [-0.4, -0.2) is 0 Å². The molecule has 2 aliphatic carbocycles. The van der Waals surface area contributed by atoms with E-state index in [2.05, 4.69) is 74.5 Å². The molecule has 0 heterocycles.